The van der Waals surface area contributed by atoms with E-state index in [0.29, 0.717) is 11.6 Å². The molecule has 0 aliphatic heterocycles. The Bertz CT molecular complexity index is 378. The van der Waals surface area contributed by atoms with E-state index in [2.05, 4.69) is 14.7 Å². The van der Waals surface area contributed by atoms with Crippen molar-refractivity contribution in [1.29, 1.82) is 0 Å². The van der Waals surface area contributed by atoms with Gasteiger partial charge in [-0.05, 0) is 6.07 Å². The third kappa shape index (κ3) is 5.47. The highest BCUT2D eigenvalue weighted by molar-refractivity contribution is 5.65. The number of hydrogen-bond acceptors (Lipinski definition) is 6. The van der Waals surface area contributed by atoms with Gasteiger partial charge in [0.05, 0.1) is 11.9 Å². The highest BCUT2D eigenvalue weighted by Gasteiger charge is 1.97. The SMILES string of the molecule is CC(=O)OCCOc1ccc(N=CNO)cn1. The van der Waals surface area contributed by atoms with Crippen LogP contribution in [0.25, 0.3) is 0 Å². The Morgan fingerprint density at radius 1 is 1.59 bits per heavy atom. The number of carbonyl (C=O) groups is 1. The van der Waals surface area contributed by atoms with Crippen LogP contribution < -0.4 is 10.2 Å². The van der Waals surface area contributed by atoms with Gasteiger partial charge < -0.3 is 9.47 Å². The van der Waals surface area contributed by atoms with E-state index in [1.54, 1.807) is 17.6 Å². The first-order valence-electron chi connectivity index (χ1n) is 4.86. The van der Waals surface area contributed by atoms with Crippen molar-refractivity contribution in [3.05, 3.63) is 18.3 Å². The molecule has 0 radical (unpaired) electrons. The molecule has 0 fully saturated rings. The molecular weight excluding hydrogens is 226 g/mol. The average molecular weight is 239 g/mol. The van der Waals surface area contributed by atoms with Crippen molar-refractivity contribution in [2.24, 2.45) is 4.99 Å². The zero-order valence-corrected chi connectivity index (χ0v) is 9.29. The highest BCUT2D eigenvalue weighted by atomic mass is 16.6. The molecule has 1 heterocycles. The van der Waals surface area contributed by atoms with Crippen molar-refractivity contribution in [2.75, 3.05) is 13.2 Å². The fourth-order valence-corrected chi connectivity index (χ4v) is 0.969. The summed E-state index contributed by atoms with van der Waals surface area (Å²) in [5, 5.41) is 8.28. The first-order valence-corrected chi connectivity index (χ1v) is 4.86. The number of rotatable bonds is 6. The molecule has 0 atom stereocenters. The second kappa shape index (κ2) is 7.18. The van der Waals surface area contributed by atoms with E-state index in [-0.39, 0.29) is 19.2 Å². The number of nitrogens with zero attached hydrogens (tertiary/aromatic N) is 2. The molecule has 0 unspecified atom stereocenters. The molecule has 92 valence electrons. The van der Waals surface area contributed by atoms with Crippen molar-refractivity contribution in [3.8, 4) is 5.88 Å². The zero-order valence-electron chi connectivity index (χ0n) is 9.29. The number of aliphatic imine (C=N–C) groups is 1. The first-order chi connectivity index (χ1) is 8.22. The Kier molecular flexibility index (Phi) is 5.45. The first kappa shape index (κ1) is 12.9. The van der Waals surface area contributed by atoms with Gasteiger partial charge in [0.1, 0.15) is 19.6 Å². The van der Waals surface area contributed by atoms with Crippen LogP contribution in [0.2, 0.25) is 0 Å². The lowest BCUT2D eigenvalue weighted by Gasteiger charge is -2.04. The van der Waals surface area contributed by atoms with Crippen molar-refractivity contribution >= 4 is 18.0 Å². The number of esters is 1. The maximum absolute atomic E-state index is 10.5. The normalized spacial score (nSPS) is 10.2. The molecule has 0 amide bonds. The minimum atomic E-state index is -0.345. The predicted octanol–water partition coefficient (Wildman–Crippen LogP) is 0.662. The standard InChI is InChI=1S/C10H13N3O4/c1-8(14)16-4-5-17-10-3-2-9(6-11-10)12-7-13-15/h2-3,6-7,15H,4-5H2,1H3,(H,12,13). The van der Waals surface area contributed by atoms with Gasteiger partial charge in [-0.25, -0.2) is 9.98 Å². The van der Waals surface area contributed by atoms with Gasteiger partial charge in [0.25, 0.3) is 0 Å². The third-order valence-corrected chi connectivity index (χ3v) is 1.63. The van der Waals surface area contributed by atoms with Gasteiger partial charge in [-0.1, -0.05) is 0 Å². The van der Waals surface area contributed by atoms with E-state index >= 15 is 0 Å². The predicted molar refractivity (Wildman–Crippen MR) is 59.4 cm³/mol. The van der Waals surface area contributed by atoms with Crippen LogP contribution >= 0.6 is 0 Å². The zero-order chi connectivity index (χ0) is 12.5. The smallest absolute Gasteiger partial charge is 0.302 e. The van der Waals surface area contributed by atoms with E-state index in [0.717, 1.165) is 6.34 Å². The molecule has 1 aromatic heterocycles. The lowest BCUT2D eigenvalue weighted by molar-refractivity contribution is -0.141. The molecule has 0 saturated carbocycles. The van der Waals surface area contributed by atoms with E-state index in [1.165, 1.54) is 13.1 Å². The number of pyridine rings is 1. The fourth-order valence-electron chi connectivity index (χ4n) is 0.969. The summed E-state index contributed by atoms with van der Waals surface area (Å²) >= 11 is 0. The monoisotopic (exact) mass is 239 g/mol. The van der Waals surface area contributed by atoms with Crippen LogP contribution in [-0.2, 0) is 9.53 Å². The summed E-state index contributed by atoms with van der Waals surface area (Å²) in [7, 11) is 0. The van der Waals surface area contributed by atoms with Crippen molar-refractivity contribution < 1.29 is 19.5 Å². The Hall–Kier alpha value is -2.15. The number of hydrogen-bond donors (Lipinski definition) is 2. The second-order valence-electron chi connectivity index (χ2n) is 2.93. The maximum Gasteiger partial charge on any atom is 0.302 e. The molecule has 2 N–H and O–H groups in total. The number of ether oxygens (including phenoxy) is 2. The summed E-state index contributed by atoms with van der Waals surface area (Å²) < 4.78 is 9.90. The molecule has 1 rings (SSSR count). The molecule has 7 nitrogen and oxygen atoms in total. The molecule has 0 spiro atoms. The summed E-state index contributed by atoms with van der Waals surface area (Å²) in [5.74, 6) is 0.0656. The van der Waals surface area contributed by atoms with Crippen LogP contribution in [0.3, 0.4) is 0 Å². The lowest BCUT2D eigenvalue weighted by atomic mass is 10.4. The number of carbonyl (C=O) groups excluding carboxylic acids is 1. The van der Waals surface area contributed by atoms with E-state index < -0.39 is 0 Å². The Balaban J connectivity index is 2.35. The van der Waals surface area contributed by atoms with Crippen molar-refractivity contribution in [1.82, 2.24) is 10.5 Å². The second-order valence-corrected chi connectivity index (χ2v) is 2.93. The van der Waals surface area contributed by atoms with E-state index in [9.17, 15) is 4.79 Å². The summed E-state index contributed by atoms with van der Waals surface area (Å²) in [6.07, 6.45) is 2.60. The van der Waals surface area contributed by atoms with E-state index in [4.69, 9.17) is 9.94 Å². The molecule has 0 aromatic carbocycles. The Morgan fingerprint density at radius 2 is 2.41 bits per heavy atom. The van der Waals surface area contributed by atoms with Gasteiger partial charge >= 0.3 is 5.97 Å². The van der Waals surface area contributed by atoms with Crippen LogP contribution in [-0.4, -0.2) is 35.7 Å². The summed E-state index contributed by atoms with van der Waals surface area (Å²) in [6.45, 7) is 1.76. The summed E-state index contributed by atoms with van der Waals surface area (Å²) in [5.41, 5.74) is 2.35. The summed E-state index contributed by atoms with van der Waals surface area (Å²) in [4.78, 5) is 18.2. The molecular formula is C10H13N3O4. The van der Waals surface area contributed by atoms with Gasteiger partial charge in [0.15, 0.2) is 0 Å². The minimum absolute atomic E-state index is 0.186. The van der Waals surface area contributed by atoms with Gasteiger partial charge in [-0.15, -0.1) is 0 Å². The topological polar surface area (TPSA) is 93.0 Å². The minimum Gasteiger partial charge on any atom is -0.474 e. The van der Waals surface area contributed by atoms with Crippen molar-refractivity contribution in [2.45, 2.75) is 6.92 Å². The molecule has 17 heavy (non-hydrogen) atoms. The Morgan fingerprint density at radius 3 is 3.00 bits per heavy atom. The fraction of sp³-hybridized carbons (Fsp3) is 0.300. The average Bonchev–Trinajstić information content (AvgIpc) is 2.33. The lowest BCUT2D eigenvalue weighted by Crippen LogP contribution is -2.09. The van der Waals surface area contributed by atoms with E-state index in [1.807, 2.05) is 0 Å². The molecule has 0 aliphatic carbocycles. The van der Waals surface area contributed by atoms with Crippen LogP contribution in [0.15, 0.2) is 23.3 Å². The third-order valence-electron chi connectivity index (χ3n) is 1.63. The van der Waals surface area contributed by atoms with Gasteiger partial charge in [-0.3, -0.25) is 15.5 Å². The van der Waals surface area contributed by atoms with Gasteiger partial charge in [-0.2, -0.15) is 0 Å². The quantitative estimate of drug-likeness (QED) is 0.249. The molecule has 7 heteroatoms. The van der Waals surface area contributed by atoms with Crippen LogP contribution in [0.1, 0.15) is 6.92 Å². The Labute approximate surface area is 98.1 Å². The highest BCUT2D eigenvalue weighted by Crippen LogP contribution is 2.13. The molecule has 1 aromatic rings. The number of hydroxylamine groups is 1. The van der Waals surface area contributed by atoms with Crippen LogP contribution in [0.5, 0.6) is 5.88 Å². The molecule has 0 saturated heterocycles. The number of aromatic nitrogens is 1. The van der Waals surface area contributed by atoms with Gasteiger partial charge in [0.2, 0.25) is 5.88 Å². The maximum atomic E-state index is 10.5. The molecule has 0 aliphatic rings. The van der Waals surface area contributed by atoms with Crippen LogP contribution in [0, 0.1) is 0 Å². The number of nitrogens with one attached hydrogen (secondary N) is 1. The van der Waals surface area contributed by atoms with Crippen molar-refractivity contribution in [3.63, 3.8) is 0 Å². The van der Waals surface area contributed by atoms with Crippen LogP contribution in [0.4, 0.5) is 5.69 Å². The van der Waals surface area contributed by atoms with Gasteiger partial charge in [0, 0.05) is 13.0 Å². The summed E-state index contributed by atoms with van der Waals surface area (Å²) in [6, 6.07) is 3.29. The largest absolute Gasteiger partial charge is 0.474 e. The molecule has 0 bridgehead atoms.